The van der Waals surface area contributed by atoms with Crippen molar-refractivity contribution in [2.75, 3.05) is 0 Å². The quantitative estimate of drug-likeness (QED) is 0.769. The van der Waals surface area contributed by atoms with Gasteiger partial charge in [0.2, 0.25) is 0 Å². The SMILES string of the molecule is OC(Cc1csc2ccccc12)c1ccc(Cl)o1. The molecule has 4 heteroatoms. The minimum absolute atomic E-state index is 0.305. The Morgan fingerprint density at radius 3 is 2.83 bits per heavy atom. The van der Waals surface area contributed by atoms with Crippen LogP contribution in [0.15, 0.2) is 46.2 Å². The number of hydrogen-bond donors (Lipinski definition) is 1. The Morgan fingerprint density at radius 1 is 1.22 bits per heavy atom. The summed E-state index contributed by atoms with van der Waals surface area (Å²) in [7, 11) is 0. The van der Waals surface area contributed by atoms with Gasteiger partial charge in [-0.15, -0.1) is 11.3 Å². The molecule has 0 aliphatic heterocycles. The molecular formula is C14H11ClO2S. The highest BCUT2D eigenvalue weighted by Crippen LogP contribution is 2.30. The van der Waals surface area contributed by atoms with E-state index in [2.05, 4.69) is 17.5 Å². The van der Waals surface area contributed by atoms with E-state index in [0.717, 1.165) is 5.56 Å². The van der Waals surface area contributed by atoms with Gasteiger partial charge in [-0.3, -0.25) is 0 Å². The summed E-state index contributed by atoms with van der Waals surface area (Å²) in [5, 5.41) is 13.7. The second kappa shape index (κ2) is 4.76. The molecule has 2 aromatic heterocycles. The number of thiophene rings is 1. The lowest BCUT2D eigenvalue weighted by atomic mass is 10.1. The minimum atomic E-state index is -0.657. The van der Waals surface area contributed by atoms with Gasteiger partial charge in [0, 0.05) is 11.1 Å². The third kappa shape index (κ3) is 2.17. The van der Waals surface area contributed by atoms with Crippen molar-refractivity contribution < 1.29 is 9.52 Å². The van der Waals surface area contributed by atoms with Gasteiger partial charge in [0.05, 0.1) is 0 Å². The largest absolute Gasteiger partial charge is 0.447 e. The smallest absolute Gasteiger partial charge is 0.193 e. The van der Waals surface area contributed by atoms with Gasteiger partial charge < -0.3 is 9.52 Å². The monoisotopic (exact) mass is 278 g/mol. The summed E-state index contributed by atoms with van der Waals surface area (Å²) in [4.78, 5) is 0. The van der Waals surface area contributed by atoms with Crippen LogP contribution in [0.25, 0.3) is 10.1 Å². The Balaban J connectivity index is 1.88. The lowest BCUT2D eigenvalue weighted by Crippen LogP contribution is -1.99. The molecule has 0 spiro atoms. The molecule has 3 rings (SSSR count). The molecule has 1 unspecified atom stereocenters. The molecule has 0 radical (unpaired) electrons. The maximum atomic E-state index is 10.1. The Kier molecular flexibility index (Phi) is 3.12. The second-order valence-corrected chi connectivity index (χ2v) is 5.40. The third-order valence-corrected chi connectivity index (χ3v) is 4.11. The first kappa shape index (κ1) is 11.8. The van der Waals surface area contributed by atoms with Crippen molar-refractivity contribution in [1.29, 1.82) is 0 Å². The van der Waals surface area contributed by atoms with Gasteiger partial charge >= 0.3 is 0 Å². The molecule has 18 heavy (non-hydrogen) atoms. The van der Waals surface area contributed by atoms with Crippen LogP contribution in [0.3, 0.4) is 0 Å². The van der Waals surface area contributed by atoms with Crippen molar-refractivity contribution in [2.45, 2.75) is 12.5 Å². The van der Waals surface area contributed by atoms with Gasteiger partial charge in [-0.25, -0.2) is 0 Å². The summed E-state index contributed by atoms with van der Waals surface area (Å²) < 4.78 is 6.46. The van der Waals surface area contributed by atoms with Crippen molar-refractivity contribution in [2.24, 2.45) is 0 Å². The zero-order valence-corrected chi connectivity index (χ0v) is 11.0. The van der Waals surface area contributed by atoms with E-state index in [1.165, 1.54) is 10.1 Å². The first-order valence-electron chi connectivity index (χ1n) is 5.62. The van der Waals surface area contributed by atoms with Gasteiger partial charge in [0.15, 0.2) is 5.22 Å². The van der Waals surface area contributed by atoms with E-state index in [-0.39, 0.29) is 0 Å². The number of halogens is 1. The number of aliphatic hydroxyl groups is 1. The van der Waals surface area contributed by atoms with Crippen molar-refractivity contribution in [1.82, 2.24) is 0 Å². The summed E-state index contributed by atoms with van der Waals surface area (Å²) in [6, 6.07) is 11.5. The zero-order chi connectivity index (χ0) is 12.5. The Labute approximate surface area is 113 Å². The van der Waals surface area contributed by atoms with Gasteiger partial charge in [-0.2, -0.15) is 0 Å². The lowest BCUT2D eigenvalue weighted by molar-refractivity contribution is 0.151. The number of benzene rings is 1. The maximum Gasteiger partial charge on any atom is 0.193 e. The summed E-state index contributed by atoms with van der Waals surface area (Å²) >= 11 is 7.39. The highest BCUT2D eigenvalue weighted by molar-refractivity contribution is 7.17. The van der Waals surface area contributed by atoms with E-state index in [9.17, 15) is 5.11 Å². The molecule has 92 valence electrons. The lowest BCUT2D eigenvalue weighted by Gasteiger charge is -2.06. The normalized spacial score (nSPS) is 13.0. The fraction of sp³-hybridized carbons (Fsp3) is 0.143. The topological polar surface area (TPSA) is 33.4 Å². The molecule has 1 N–H and O–H groups in total. The molecule has 2 heterocycles. The average molecular weight is 279 g/mol. The molecule has 0 aliphatic rings. The van der Waals surface area contributed by atoms with Gasteiger partial charge in [0.1, 0.15) is 11.9 Å². The number of rotatable bonds is 3. The summed E-state index contributed by atoms with van der Waals surface area (Å²) in [6.07, 6.45) is -0.121. The van der Waals surface area contributed by atoms with Crippen LogP contribution >= 0.6 is 22.9 Å². The first-order valence-corrected chi connectivity index (χ1v) is 6.88. The van der Waals surface area contributed by atoms with Crippen molar-refractivity contribution >= 4 is 33.0 Å². The van der Waals surface area contributed by atoms with Gasteiger partial charge in [-0.1, -0.05) is 18.2 Å². The van der Waals surface area contributed by atoms with E-state index in [0.29, 0.717) is 17.4 Å². The Hall–Kier alpha value is -1.29. The summed E-state index contributed by atoms with van der Waals surface area (Å²) in [5.74, 6) is 0.510. The molecule has 3 aromatic rings. The molecule has 0 aliphatic carbocycles. The van der Waals surface area contributed by atoms with Crippen LogP contribution in [-0.4, -0.2) is 5.11 Å². The summed E-state index contributed by atoms with van der Waals surface area (Å²) in [5.41, 5.74) is 1.13. The van der Waals surface area contributed by atoms with Crippen molar-refractivity contribution in [3.05, 3.63) is 58.3 Å². The number of fused-ring (bicyclic) bond motifs is 1. The van der Waals surface area contributed by atoms with Crippen LogP contribution in [0.2, 0.25) is 5.22 Å². The van der Waals surface area contributed by atoms with Gasteiger partial charge in [-0.05, 0) is 46.1 Å². The molecule has 1 aromatic carbocycles. The summed E-state index contributed by atoms with van der Waals surface area (Å²) in [6.45, 7) is 0. The number of furan rings is 1. The van der Waals surface area contributed by atoms with Crippen LogP contribution in [0.4, 0.5) is 0 Å². The molecule has 0 fully saturated rings. The first-order chi connectivity index (χ1) is 8.74. The number of hydrogen-bond acceptors (Lipinski definition) is 3. The molecule has 2 nitrogen and oxygen atoms in total. The van der Waals surface area contributed by atoms with E-state index in [1.54, 1.807) is 23.5 Å². The van der Waals surface area contributed by atoms with E-state index in [4.69, 9.17) is 16.0 Å². The van der Waals surface area contributed by atoms with Crippen LogP contribution in [0.1, 0.15) is 17.4 Å². The van der Waals surface area contributed by atoms with Crippen molar-refractivity contribution in [3.63, 3.8) is 0 Å². The Morgan fingerprint density at radius 2 is 2.06 bits per heavy atom. The van der Waals surface area contributed by atoms with Gasteiger partial charge in [0.25, 0.3) is 0 Å². The second-order valence-electron chi connectivity index (χ2n) is 4.12. The van der Waals surface area contributed by atoms with Crippen LogP contribution in [-0.2, 0) is 6.42 Å². The zero-order valence-electron chi connectivity index (χ0n) is 9.47. The predicted octanol–water partition coefficient (Wildman–Crippen LogP) is 4.42. The molecule has 0 amide bonds. The van der Waals surface area contributed by atoms with Crippen molar-refractivity contribution in [3.8, 4) is 0 Å². The van der Waals surface area contributed by atoms with Crippen LogP contribution < -0.4 is 0 Å². The molecule has 0 saturated carbocycles. The van der Waals surface area contributed by atoms with Crippen LogP contribution in [0.5, 0.6) is 0 Å². The fourth-order valence-corrected chi connectivity index (χ4v) is 3.13. The molecule has 1 atom stereocenters. The van der Waals surface area contributed by atoms with E-state index >= 15 is 0 Å². The minimum Gasteiger partial charge on any atom is -0.447 e. The Bertz CT molecular complexity index is 671. The van der Waals surface area contributed by atoms with Crippen LogP contribution in [0, 0.1) is 0 Å². The average Bonchev–Trinajstić information content (AvgIpc) is 2.97. The third-order valence-electron chi connectivity index (χ3n) is 2.90. The predicted molar refractivity (Wildman–Crippen MR) is 74.2 cm³/mol. The molecule has 0 bridgehead atoms. The molecule has 0 saturated heterocycles. The standard InChI is InChI=1S/C14H11ClO2S/c15-14-6-5-12(17-14)11(16)7-9-8-18-13-4-2-1-3-10(9)13/h1-6,8,11,16H,7H2. The van der Waals surface area contributed by atoms with E-state index < -0.39 is 6.10 Å². The highest BCUT2D eigenvalue weighted by Gasteiger charge is 2.15. The maximum absolute atomic E-state index is 10.1. The highest BCUT2D eigenvalue weighted by atomic mass is 35.5. The molecular weight excluding hydrogens is 268 g/mol. The number of aliphatic hydroxyl groups excluding tert-OH is 1. The fourth-order valence-electron chi connectivity index (χ4n) is 2.01. The van der Waals surface area contributed by atoms with E-state index in [1.807, 2.05) is 12.1 Å².